The average molecular weight is 294 g/mol. The minimum Gasteiger partial charge on any atom is -0.384 e. The minimum absolute atomic E-state index is 0.528. The molecule has 0 spiro atoms. The molecule has 0 amide bonds. The summed E-state index contributed by atoms with van der Waals surface area (Å²) in [5, 5.41) is 1.68. The highest BCUT2D eigenvalue weighted by atomic mass is 35.5. The first-order chi connectivity index (χ1) is 9.19. The molecule has 0 radical (unpaired) electrons. The number of anilines is 1. The molecule has 19 heavy (non-hydrogen) atoms. The summed E-state index contributed by atoms with van der Waals surface area (Å²) in [6.07, 6.45) is 1.86. The van der Waals surface area contributed by atoms with Gasteiger partial charge >= 0.3 is 0 Å². The van der Waals surface area contributed by atoms with Crippen molar-refractivity contribution in [2.24, 2.45) is 0 Å². The van der Waals surface area contributed by atoms with Crippen molar-refractivity contribution in [2.45, 2.75) is 30.5 Å². The van der Waals surface area contributed by atoms with Crippen LogP contribution in [0.5, 0.6) is 0 Å². The first kappa shape index (κ1) is 14.2. The second-order valence-electron chi connectivity index (χ2n) is 4.18. The van der Waals surface area contributed by atoms with E-state index in [9.17, 15) is 0 Å². The standard InChI is InChI=1S/C14H16ClN3S/c1-2-5-13-17-12(16)8-14(18-13)19-9-10-6-3-4-7-11(10)15/h3-4,6-8H,2,5,9H2,1H3,(H2,16,17,18). The fraction of sp³-hybridized carbons (Fsp3) is 0.286. The van der Waals surface area contributed by atoms with Crippen molar-refractivity contribution in [3.8, 4) is 0 Å². The van der Waals surface area contributed by atoms with Crippen molar-refractivity contribution in [1.29, 1.82) is 0 Å². The normalized spacial score (nSPS) is 10.6. The van der Waals surface area contributed by atoms with Crippen molar-refractivity contribution in [3.63, 3.8) is 0 Å². The maximum absolute atomic E-state index is 6.13. The van der Waals surface area contributed by atoms with Crippen LogP contribution in [-0.2, 0) is 12.2 Å². The van der Waals surface area contributed by atoms with E-state index < -0.39 is 0 Å². The van der Waals surface area contributed by atoms with Gasteiger partial charge < -0.3 is 5.73 Å². The van der Waals surface area contributed by atoms with Crippen molar-refractivity contribution in [3.05, 3.63) is 46.7 Å². The number of nitrogens with zero attached hydrogens (tertiary/aromatic N) is 2. The smallest absolute Gasteiger partial charge is 0.132 e. The summed E-state index contributed by atoms with van der Waals surface area (Å²) in [5.74, 6) is 2.12. The zero-order valence-electron chi connectivity index (χ0n) is 10.8. The Morgan fingerprint density at radius 2 is 2.05 bits per heavy atom. The van der Waals surface area contributed by atoms with Crippen molar-refractivity contribution < 1.29 is 0 Å². The third-order valence-corrected chi connectivity index (χ3v) is 3.90. The summed E-state index contributed by atoms with van der Waals surface area (Å²) in [5.41, 5.74) is 6.90. The van der Waals surface area contributed by atoms with E-state index in [4.69, 9.17) is 17.3 Å². The molecule has 1 heterocycles. The van der Waals surface area contributed by atoms with Crippen LogP contribution in [0.1, 0.15) is 24.7 Å². The molecule has 3 nitrogen and oxygen atoms in total. The number of rotatable bonds is 5. The number of hydrogen-bond acceptors (Lipinski definition) is 4. The lowest BCUT2D eigenvalue weighted by molar-refractivity contribution is 0.813. The van der Waals surface area contributed by atoms with E-state index in [-0.39, 0.29) is 0 Å². The molecule has 0 fully saturated rings. The Hall–Kier alpha value is -1.26. The van der Waals surface area contributed by atoms with Gasteiger partial charge in [0.05, 0.1) is 0 Å². The van der Waals surface area contributed by atoms with E-state index in [1.807, 2.05) is 24.3 Å². The molecule has 2 N–H and O–H groups in total. The Balaban J connectivity index is 2.09. The molecule has 5 heteroatoms. The molecule has 0 aliphatic carbocycles. The number of benzene rings is 1. The summed E-state index contributed by atoms with van der Waals surface area (Å²) < 4.78 is 0. The zero-order valence-corrected chi connectivity index (χ0v) is 12.3. The molecule has 0 aliphatic heterocycles. The van der Waals surface area contributed by atoms with Gasteiger partial charge in [0, 0.05) is 23.3 Å². The van der Waals surface area contributed by atoms with Crippen LogP contribution in [0.25, 0.3) is 0 Å². The molecule has 0 atom stereocenters. The molecule has 0 saturated carbocycles. The number of halogens is 1. The molecule has 0 bridgehead atoms. The van der Waals surface area contributed by atoms with E-state index in [1.54, 1.807) is 17.8 Å². The minimum atomic E-state index is 0.528. The van der Waals surface area contributed by atoms with Crippen molar-refractivity contribution in [1.82, 2.24) is 9.97 Å². The lowest BCUT2D eigenvalue weighted by Gasteiger charge is -2.06. The summed E-state index contributed by atoms with van der Waals surface area (Å²) >= 11 is 7.76. The molecule has 0 saturated heterocycles. The maximum atomic E-state index is 6.13. The Labute approximate surface area is 122 Å². The summed E-state index contributed by atoms with van der Waals surface area (Å²) in [6.45, 7) is 2.10. The van der Waals surface area contributed by atoms with Crippen LogP contribution < -0.4 is 5.73 Å². The van der Waals surface area contributed by atoms with Crippen LogP contribution in [0, 0.1) is 0 Å². The van der Waals surface area contributed by atoms with E-state index in [2.05, 4.69) is 16.9 Å². The predicted molar refractivity (Wildman–Crippen MR) is 81.5 cm³/mol. The topological polar surface area (TPSA) is 51.8 Å². The number of thioether (sulfide) groups is 1. The van der Waals surface area contributed by atoms with Gasteiger partial charge in [0.15, 0.2) is 0 Å². The predicted octanol–water partition coefficient (Wildman–Crippen LogP) is 3.96. The van der Waals surface area contributed by atoms with Crippen LogP contribution in [-0.4, -0.2) is 9.97 Å². The highest BCUT2D eigenvalue weighted by Crippen LogP contribution is 2.26. The number of nitrogen functional groups attached to an aromatic ring is 1. The van der Waals surface area contributed by atoms with E-state index >= 15 is 0 Å². The SMILES string of the molecule is CCCc1nc(N)cc(SCc2ccccc2Cl)n1. The Bertz CT molecular complexity index is 560. The van der Waals surface area contributed by atoms with Crippen LogP contribution in [0.4, 0.5) is 5.82 Å². The van der Waals surface area contributed by atoms with Gasteiger partial charge in [-0.15, -0.1) is 11.8 Å². The number of hydrogen-bond donors (Lipinski definition) is 1. The Morgan fingerprint density at radius 3 is 2.79 bits per heavy atom. The summed E-state index contributed by atoms with van der Waals surface area (Å²) in [7, 11) is 0. The lowest BCUT2D eigenvalue weighted by Crippen LogP contribution is -2.00. The van der Waals surface area contributed by atoms with Gasteiger partial charge in [-0.1, -0.05) is 36.7 Å². The molecule has 0 aliphatic rings. The summed E-state index contributed by atoms with van der Waals surface area (Å²) in [6, 6.07) is 9.64. The van der Waals surface area contributed by atoms with Gasteiger partial charge in [0.2, 0.25) is 0 Å². The van der Waals surface area contributed by atoms with E-state index in [1.165, 1.54) is 0 Å². The van der Waals surface area contributed by atoms with Crippen LogP contribution in [0.2, 0.25) is 5.02 Å². The second-order valence-corrected chi connectivity index (χ2v) is 5.58. The van der Waals surface area contributed by atoms with Gasteiger partial charge in [0.25, 0.3) is 0 Å². The first-order valence-electron chi connectivity index (χ1n) is 6.18. The quantitative estimate of drug-likeness (QED) is 0.670. The molecule has 0 unspecified atom stereocenters. The Morgan fingerprint density at radius 1 is 1.26 bits per heavy atom. The second kappa shape index (κ2) is 6.78. The van der Waals surface area contributed by atoms with Gasteiger partial charge in [-0.25, -0.2) is 9.97 Å². The maximum Gasteiger partial charge on any atom is 0.132 e. The van der Waals surface area contributed by atoms with Crippen molar-refractivity contribution in [2.75, 3.05) is 5.73 Å². The molecule has 100 valence electrons. The van der Waals surface area contributed by atoms with Crippen LogP contribution in [0.15, 0.2) is 35.4 Å². The van der Waals surface area contributed by atoms with Gasteiger partial charge in [-0.2, -0.15) is 0 Å². The highest BCUT2D eigenvalue weighted by Gasteiger charge is 2.05. The monoisotopic (exact) mass is 293 g/mol. The third-order valence-electron chi connectivity index (χ3n) is 2.58. The molecule has 1 aromatic carbocycles. The number of aromatic nitrogens is 2. The van der Waals surface area contributed by atoms with Crippen LogP contribution >= 0.6 is 23.4 Å². The summed E-state index contributed by atoms with van der Waals surface area (Å²) in [4.78, 5) is 8.72. The molecule has 2 aromatic rings. The molecule has 1 aromatic heterocycles. The van der Waals surface area contributed by atoms with Crippen LogP contribution in [0.3, 0.4) is 0 Å². The third kappa shape index (κ3) is 4.11. The fourth-order valence-electron chi connectivity index (χ4n) is 1.67. The average Bonchev–Trinajstić information content (AvgIpc) is 2.37. The largest absolute Gasteiger partial charge is 0.384 e. The number of aryl methyl sites for hydroxylation is 1. The van der Waals surface area contributed by atoms with Gasteiger partial charge in [-0.05, 0) is 18.1 Å². The van der Waals surface area contributed by atoms with Gasteiger partial charge in [0.1, 0.15) is 16.7 Å². The highest BCUT2D eigenvalue weighted by molar-refractivity contribution is 7.98. The Kier molecular flexibility index (Phi) is 5.05. The molecular weight excluding hydrogens is 278 g/mol. The zero-order chi connectivity index (χ0) is 13.7. The van der Waals surface area contributed by atoms with Gasteiger partial charge in [-0.3, -0.25) is 0 Å². The van der Waals surface area contributed by atoms with E-state index in [0.717, 1.165) is 40.0 Å². The number of nitrogens with two attached hydrogens (primary N) is 1. The van der Waals surface area contributed by atoms with E-state index in [0.29, 0.717) is 5.82 Å². The first-order valence-corrected chi connectivity index (χ1v) is 7.55. The van der Waals surface area contributed by atoms with Crippen molar-refractivity contribution >= 4 is 29.2 Å². The lowest BCUT2D eigenvalue weighted by atomic mass is 10.2. The fourth-order valence-corrected chi connectivity index (χ4v) is 2.88. The molecular formula is C14H16ClN3S. The molecule has 2 rings (SSSR count).